The summed E-state index contributed by atoms with van der Waals surface area (Å²) in [4.78, 5) is 29.1. The molecule has 0 radical (unpaired) electrons. The van der Waals surface area contributed by atoms with Gasteiger partial charge in [-0.2, -0.15) is 0 Å². The fraction of sp³-hybridized carbons (Fsp3) is 0.619. The number of unbranched alkanes of at least 4 members (excludes halogenated alkanes) is 1. The van der Waals surface area contributed by atoms with Gasteiger partial charge in [-0.3, -0.25) is 9.59 Å². The molecule has 3 rings (SSSR count). The van der Waals surface area contributed by atoms with Crippen LogP contribution in [0.15, 0.2) is 24.3 Å². The standard InChI is InChI=1S/C21H30N2O2/c1-2-3-6-17-9-11-19(12-10-17)21(25)23-14-5-13-22(15-16-23)20(24)18-7-4-8-18/h9-12,18H,2-8,13-16H2,1H3. The van der Waals surface area contributed by atoms with Crippen molar-refractivity contribution < 1.29 is 9.59 Å². The lowest BCUT2D eigenvalue weighted by atomic mass is 9.84. The number of nitrogens with zero attached hydrogens (tertiary/aromatic N) is 2. The van der Waals surface area contributed by atoms with E-state index in [1.807, 2.05) is 21.9 Å². The van der Waals surface area contributed by atoms with Crippen molar-refractivity contribution in [2.45, 2.75) is 51.9 Å². The van der Waals surface area contributed by atoms with Crippen molar-refractivity contribution in [1.82, 2.24) is 9.80 Å². The molecule has 4 heteroatoms. The predicted molar refractivity (Wildman–Crippen MR) is 99.5 cm³/mol. The molecule has 2 amide bonds. The van der Waals surface area contributed by atoms with E-state index in [0.717, 1.165) is 44.3 Å². The van der Waals surface area contributed by atoms with Crippen LogP contribution < -0.4 is 0 Å². The fourth-order valence-electron chi connectivity index (χ4n) is 3.63. The third-order valence-corrected chi connectivity index (χ3v) is 5.57. The quantitative estimate of drug-likeness (QED) is 0.822. The number of carbonyl (C=O) groups excluding carboxylic acids is 2. The van der Waals surface area contributed by atoms with Crippen molar-refractivity contribution in [2.75, 3.05) is 26.2 Å². The van der Waals surface area contributed by atoms with Gasteiger partial charge in [0.15, 0.2) is 0 Å². The highest BCUT2D eigenvalue weighted by molar-refractivity contribution is 5.94. The maximum absolute atomic E-state index is 12.8. The minimum atomic E-state index is 0.0972. The number of carbonyl (C=O) groups is 2. The van der Waals surface area contributed by atoms with E-state index < -0.39 is 0 Å². The summed E-state index contributed by atoms with van der Waals surface area (Å²) >= 11 is 0. The summed E-state index contributed by atoms with van der Waals surface area (Å²) in [5.74, 6) is 0.652. The number of amides is 2. The van der Waals surface area contributed by atoms with Gasteiger partial charge in [0.05, 0.1) is 0 Å². The third-order valence-electron chi connectivity index (χ3n) is 5.57. The van der Waals surface area contributed by atoms with Gasteiger partial charge in [0.1, 0.15) is 0 Å². The number of aryl methyl sites for hydroxylation is 1. The zero-order valence-electron chi connectivity index (χ0n) is 15.4. The normalized spacial score (nSPS) is 18.6. The topological polar surface area (TPSA) is 40.6 Å². The molecule has 1 aliphatic carbocycles. The second kappa shape index (κ2) is 8.50. The average Bonchev–Trinajstić information content (AvgIpc) is 2.84. The number of hydrogen-bond donors (Lipinski definition) is 0. The number of rotatable bonds is 5. The first-order valence-electron chi connectivity index (χ1n) is 9.86. The lowest BCUT2D eigenvalue weighted by molar-refractivity contribution is -0.138. The Hall–Kier alpha value is -1.84. The van der Waals surface area contributed by atoms with E-state index in [1.165, 1.54) is 24.8 Å². The highest BCUT2D eigenvalue weighted by atomic mass is 16.2. The van der Waals surface area contributed by atoms with Crippen LogP contribution >= 0.6 is 0 Å². The van der Waals surface area contributed by atoms with Crippen molar-refractivity contribution in [1.29, 1.82) is 0 Å². The van der Waals surface area contributed by atoms with Crippen LogP contribution in [0.3, 0.4) is 0 Å². The van der Waals surface area contributed by atoms with Crippen molar-refractivity contribution >= 4 is 11.8 Å². The molecule has 0 spiro atoms. The summed E-state index contributed by atoms with van der Waals surface area (Å²) in [6.45, 7) is 5.04. The molecule has 0 bridgehead atoms. The first-order chi connectivity index (χ1) is 12.2. The molecule has 1 heterocycles. The summed E-state index contributed by atoms with van der Waals surface area (Å²) in [6.07, 6.45) is 7.59. The molecule has 1 saturated carbocycles. The van der Waals surface area contributed by atoms with E-state index in [-0.39, 0.29) is 11.8 Å². The van der Waals surface area contributed by atoms with E-state index in [2.05, 4.69) is 19.1 Å². The van der Waals surface area contributed by atoms with Gasteiger partial charge in [-0.25, -0.2) is 0 Å². The van der Waals surface area contributed by atoms with Gasteiger partial charge in [-0.05, 0) is 49.8 Å². The Kier molecular flexibility index (Phi) is 6.11. The van der Waals surface area contributed by atoms with E-state index in [9.17, 15) is 9.59 Å². The molecule has 0 aromatic heterocycles. The molecular formula is C21H30N2O2. The average molecular weight is 342 g/mol. The maximum atomic E-state index is 12.8. The Labute approximate surface area is 151 Å². The molecule has 1 aliphatic heterocycles. The summed E-state index contributed by atoms with van der Waals surface area (Å²) in [6, 6.07) is 8.06. The lowest BCUT2D eigenvalue weighted by Gasteiger charge is -2.31. The van der Waals surface area contributed by atoms with E-state index in [1.54, 1.807) is 0 Å². The molecule has 0 atom stereocenters. The van der Waals surface area contributed by atoms with E-state index in [0.29, 0.717) is 19.0 Å². The highest BCUT2D eigenvalue weighted by Crippen LogP contribution is 2.28. The minimum absolute atomic E-state index is 0.0972. The fourth-order valence-corrected chi connectivity index (χ4v) is 3.63. The van der Waals surface area contributed by atoms with Crippen molar-refractivity contribution in [2.24, 2.45) is 5.92 Å². The summed E-state index contributed by atoms with van der Waals surface area (Å²) < 4.78 is 0. The van der Waals surface area contributed by atoms with Gasteiger partial charge < -0.3 is 9.80 Å². The van der Waals surface area contributed by atoms with Crippen LogP contribution in [0.5, 0.6) is 0 Å². The minimum Gasteiger partial charge on any atom is -0.341 e. The Morgan fingerprint density at radius 3 is 2.28 bits per heavy atom. The van der Waals surface area contributed by atoms with Gasteiger partial charge in [0, 0.05) is 37.7 Å². The zero-order valence-corrected chi connectivity index (χ0v) is 15.4. The number of hydrogen-bond acceptors (Lipinski definition) is 2. The van der Waals surface area contributed by atoms with Crippen LogP contribution in [-0.4, -0.2) is 47.8 Å². The van der Waals surface area contributed by atoms with Crippen LogP contribution in [0, 0.1) is 5.92 Å². The Morgan fingerprint density at radius 2 is 1.64 bits per heavy atom. The Bertz CT molecular complexity index is 592. The van der Waals surface area contributed by atoms with Gasteiger partial charge in [-0.15, -0.1) is 0 Å². The number of benzene rings is 1. The van der Waals surface area contributed by atoms with Crippen molar-refractivity contribution in [3.8, 4) is 0 Å². The molecule has 136 valence electrons. The maximum Gasteiger partial charge on any atom is 0.253 e. The second-order valence-electron chi connectivity index (χ2n) is 7.40. The van der Waals surface area contributed by atoms with Crippen LogP contribution in [0.2, 0.25) is 0 Å². The van der Waals surface area contributed by atoms with Crippen molar-refractivity contribution in [3.05, 3.63) is 35.4 Å². The second-order valence-corrected chi connectivity index (χ2v) is 7.40. The summed E-state index contributed by atoms with van der Waals surface area (Å²) in [7, 11) is 0. The zero-order chi connectivity index (χ0) is 17.6. The monoisotopic (exact) mass is 342 g/mol. The Balaban J connectivity index is 1.56. The molecule has 2 aliphatic rings. The molecule has 25 heavy (non-hydrogen) atoms. The van der Waals surface area contributed by atoms with Gasteiger partial charge >= 0.3 is 0 Å². The lowest BCUT2D eigenvalue weighted by Crippen LogP contribution is -2.41. The molecule has 1 aromatic carbocycles. The first kappa shape index (κ1) is 18.0. The highest BCUT2D eigenvalue weighted by Gasteiger charge is 2.31. The largest absolute Gasteiger partial charge is 0.341 e. The SMILES string of the molecule is CCCCc1ccc(C(=O)N2CCCN(C(=O)C3CCC3)CC2)cc1. The van der Waals surface area contributed by atoms with Crippen molar-refractivity contribution in [3.63, 3.8) is 0 Å². The van der Waals surface area contributed by atoms with Crippen LogP contribution in [0.1, 0.15) is 61.4 Å². The van der Waals surface area contributed by atoms with E-state index >= 15 is 0 Å². The van der Waals surface area contributed by atoms with Crippen LogP contribution in [0.4, 0.5) is 0 Å². The third kappa shape index (κ3) is 4.42. The van der Waals surface area contributed by atoms with E-state index in [4.69, 9.17) is 0 Å². The van der Waals surface area contributed by atoms with Crippen LogP contribution in [-0.2, 0) is 11.2 Å². The smallest absolute Gasteiger partial charge is 0.253 e. The Morgan fingerprint density at radius 1 is 0.960 bits per heavy atom. The van der Waals surface area contributed by atoms with Crippen LogP contribution in [0.25, 0.3) is 0 Å². The molecule has 1 saturated heterocycles. The summed E-state index contributed by atoms with van der Waals surface area (Å²) in [5, 5.41) is 0. The first-order valence-corrected chi connectivity index (χ1v) is 9.86. The molecular weight excluding hydrogens is 312 g/mol. The van der Waals surface area contributed by atoms with Gasteiger partial charge in [-0.1, -0.05) is 31.9 Å². The molecule has 2 fully saturated rings. The van der Waals surface area contributed by atoms with Gasteiger partial charge in [0.2, 0.25) is 5.91 Å². The van der Waals surface area contributed by atoms with Gasteiger partial charge in [0.25, 0.3) is 5.91 Å². The molecule has 0 unspecified atom stereocenters. The molecule has 4 nitrogen and oxygen atoms in total. The summed E-state index contributed by atoms with van der Waals surface area (Å²) in [5.41, 5.74) is 2.06. The molecule has 0 N–H and O–H groups in total. The predicted octanol–water partition coefficient (Wildman–Crippen LogP) is 3.50. The molecule has 1 aromatic rings.